The molecule has 0 saturated carbocycles. The summed E-state index contributed by atoms with van der Waals surface area (Å²) in [6, 6.07) is 0. The molecule has 0 aliphatic rings. The molecule has 0 aromatic carbocycles. The van der Waals surface area contributed by atoms with Gasteiger partial charge < -0.3 is 14.2 Å². The Labute approximate surface area is 362 Å². The molecule has 334 valence electrons. The lowest BCUT2D eigenvalue weighted by Gasteiger charge is -2.18. The van der Waals surface area contributed by atoms with Crippen molar-refractivity contribution in [1.29, 1.82) is 0 Å². The van der Waals surface area contributed by atoms with E-state index in [-0.39, 0.29) is 31.6 Å². The lowest BCUT2D eigenvalue weighted by Crippen LogP contribution is -2.30. The molecule has 0 bridgehead atoms. The summed E-state index contributed by atoms with van der Waals surface area (Å²) in [7, 11) is 0. The van der Waals surface area contributed by atoms with E-state index in [4.69, 9.17) is 14.2 Å². The molecule has 0 saturated heterocycles. The third kappa shape index (κ3) is 45.3. The monoisotopic (exact) mass is 819 g/mol. The van der Waals surface area contributed by atoms with E-state index in [2.05, 4.69) is 106 Å². The van der Waals surface area contributed by atoms with E-state index >= 15 is 0 Å². The van der Waals surface area contributed by atoms with Gasteiger partial charge in [-0.1, -0.05) is 195 Å². The third-order valence-electron chi connectivity index (χ3n) is 9.61. The standard InChI is InChI=1S/C53H86O6/c1-4-7-10-13-16-18-20-22-24-25-26-27-29-30-32-34-37-40-43-46-52(55)58-49-50(48-57-51(54)45-42-39-36-15-12-9-6-3)59-53(56)47-44-41-38-35-33-31-28-23-21-19-17-14-11-8-5-2/h8,11,16-19,22-24,26-28,33,35,41,44,50H,4-7,9-10,12-15,20-21,25,29-32,34,36-40,42-43,45-49H2,1-3H3/b11-8-,18-16-,19-17-,24-22-,27-26-,28-23-,35-33-,44-41-. The highest BCUT2D eigenvalue weighted by Gasteiger charge is 2.19. The molecule has 0 aromatic heterocycles. The zero-order valence-corrected chi connectivity index (χ0v) is 38.0. The van der Waals surface area contributed by atoms with Crippen molar-refractivity contribution in [2.75, 3.05) is 13.2 Å². The maximum absolute atomic E-state index is 12.7. The number of unbranched alkanes of at least 4 members (excludes halogenated alkanes) is 15. The molecule has 0 rings (SSSR count). The predicted molar refractivity (Wildman–Crippen MR) is 251 cm³/mol. The summed E-state index contributed by atoms with van der Waals surface area (Å²) in [6.45, 7) is 6.33. The van der Waals surface area contributed by atoms with Crippen molar-refractivity contribution in [1.82, 2.24) is 0 Å². The van der Waals surface area contributed by atoms with E-state index in [1.165, 1.54) is 64.2 Å². The second kappa shape index (κ2) is 47.0. The molecule has 6 heteroatoms. The minimum absolute atomic E-state index is 0.0922. The van der Waals surface area contributed by atoms with Gasteiger partial charge in [-0.05, 0) is 83.5 Å². The van der Waals surface area contributed by atoms with Gasteiger partial charge in [0, 0.05) is 12.8 Å². The number of hydrogen-bond acceptors (Lipinski definition) is 6. The smallest absolute Gasteiger partial charge is 0.310 e. The molecule has 0 heterocycles. The average molecular weight is 819 g/mol. The number of carbonyl (C=O) groups is 3. The van der Waals surface area contributed by atoms with Gasteiger partial charge in [0.05, 0.1) is 6.42 Å². The SMILES string of the molecule is CC/C=C\C/C=C\C/C=C\C/C=C\C/C=C\CC(=O)OC(COC(=O)CCCCCCCCC)COC(=O)CCCCCCCC/C=C\C/C=C\C/C=C\CCCCC. The minimum Gasteiger partial charge on any atom is -0.462 e. The number of hydrogen-bond donors (Lipinski definition) is 0. The molecule has 0 aliphatic heterocycles. The van der Waals surface area contributed by atoms with Gasteiger partial charge in [-0.3, -0.25) is 14.4 Å². The van der Waals surface area contributed by atoms with Crippen LogP contribution in [0, 0.1) is 0 Å². The summed E-state index contributed by atoms with van der Waals surface area (Å²) in [4.78, 5) is 37.6. The fourth-order valence-electron chi connectivity index (χ4n) is 6.05. The average Bonchev–Trinajstić information content (AvgIpc) is 3.23. The van der Waals surface area contributed by atoms with Gasteiger partial charge in [0.25, 0.3) is 0 Å². The summed E-state index contributed by atoms with van der Waals surface area (Å²) in [5.41, 5.74) is 0. The van der Waals surface area contributed by atoms with Crippen molar-refractivity contribution in [2.45, 2.75) is 207 Å². The van der Waals surface area contributed by atoms with E-state index in [1.807, 2.05) is 6.08 Å². The highest BCUT2D eigenvalue weighted by molar-refractivity contribution is 5.72. The number of allylic oxidation sites excluding steroid dienone is 15. The zero-order valence-electron chi connectivity index (χ0n) is 38.0. The van der Waals surface area contributed by atoms with Crippen LogP contribution in [-0.4, -0.2) is 37.2 Å². The summed E-state index contributed by atoms with van der Waals surface area (Å²) in [6.07, 6.45) is 61.4. The molecule has 0 aliphatic carbocycles. The van der Waals surface area contributed by atoms with E-state index in [9.17, 15) is 14.4 Å². The molecule has 6 nitrogen and oxygen atoms in total. The molecule has 0 spiro atoms. The first-order chi connectivity index (χ1) is 29.0. The Morgan fingerprint density at radius 1 is 0.373 bits per heavy atom. The van der Waals surface area contributed by atoms with Gasteiger partial charge in [0.2, 0.25) is 0 Å². The van der Waals surface area contributed by atoms with Crippen LogP contribution >= 0.6 is 0 Å². The van der Waals surface area contributed by atoms with Crippen LogP contribution in [0.25, 0.3) is 0 Å². The maximum atomic E-state index is 12.7. The Bertz CT molecular complexity index is 1220. The largest absolute Gasteiger partial charge is 0.462 e. The molecule has 1 atom stereocenters. The van der Waals surface area contributed by atoms with Crippen molar-refractivity contribution in [2.24, 2.45) is 0 Å². The van der Waals surface area contributed by atoms with Gasteiger partial charge in [0.1, 0.15) is 13.2 Å². The number of esters is 3. The number of ether oxygens (including phenoxy) is 3. The summed E-state index contributed by atoms with van der Waals surface area (Å²) < 4.78 is 16.6. The van der Waals surface area contributed by atoms with Crippen LogP contribution in [-0.2, 0) is 28.6 Å². The van der Waals surface area contributed by atoms with Crippen molar-refractivity contribution in [3.8, 4) is 0 Å². The third-order valence-corrected chi connectivity index (χ3v) is 9.61. The Balaban J connectivity index is 4.44. The molecular formula is C53H86O6. The molecule has 0 amide bonds. The second-order valence-electron chi connectivity index (χ2n) is 15.3. The Morgan fingerprint density at radius 3 is 1.15 bits per heavy atom. The van der Waals surface area contributed by atoms with Crippen LogP contribution in [0.15, 0.2) is 97.2 Å². The van der Waals surface area contributed by atoms with Crippen LogP contribution in [0.4, 0.5) is 0 Å². The maximum Gasteiger partial charge on any atom is 0.310 e. The minimum atomic E-state index is -0.834. The highest BCUT2D eigenvalue weighted by atomic mass is 16.6. The highest BCUT2D eigenvalue weighted by Crippen LogP contribution is 2.12. The van der Waals surface area contributed by atoms with Crippen LogP contribution in [0.2, 0.25) is 0 Å². The molecule has 0 fully saturated rings. The molecular weight excluding hydrogens is 733 g/mol. The molecule has 0 aromatic rings. The van der Waals surface area contributed by atoms with E-state index in [0.717, 1.165) is 96.3 Å². The van der Waals surface area contributed by atoms with Crippen molar-refractivity contribution in [3.63, 3.8) is 0 Å². The second-order valence-corrected chi connectivity index (χ2v) is 15.3. The first-order valence-corrected chi connectivity index (χ1v) is 23.7. The van der Waals surface area contributed by atoms with Crippen LogP contribution in [0.5, 0.6) is 0 Å². The van der Waals surface area contributed by atoms with Crippen LogP contribution in [0.3, 0.4) is 0 Å². The Hall–Kier alpha value is -3.67. The first-order valence-electron chi connectivity index (χ1n) is 23.7. The molecule has 59 heavy (non-hydrogen) atoms. The summed E-state index contributed by atoms with van der Waals surface area (Å²) in [5, 5.41) is 0. The van der Waals surface area contributed by atoms with Crippen molar-refractivity contribution >= 4 is 17.9 Å². The Kier molecular flexibility index (Phi) is 44.1. The summed E-state index contributed by atoms with van der Waals surface area (Å²) in [5.74, 6) is -1.08. The normalized spacial score (nSPS) is 12.9. The van der Waals surface area contributed by atoms with E-state index in [0.29, 0.717) is 12.8 Å². The molecule has 0 radical (unpaired) electrons. The molecule has 0 N–H and O–H groups in total. The van der Waals surface area contributed by atoms with Crippen LogP contribution in [0.1, 0.15) is 201 Å². The van der Waals surface area contributed by atoms with Crippen molar-refractivity contribution < 1.29 is 28.6 Å². The van der Waals surface area contributed by atoms with Crippen LogP contribution < -0.4 is 0 Å². The van der Waals surface area contributed by atoms with E-state index in [1.54, 1.807) is 6.08 Å². The van der Waals surface area contributed by atoms with Gasteiger partial charge in [0.15, 0.2) is 6.10 Å². The fourth-order valence-corrected chi connectivity index (χ4v) is 6.05. The zero-order chi connectivity index (χ0) is 43.0. The fraction of sp³-hybridized carbons (Fsp3) is 0.642. The molecule has 1 unspecified atom stereocenters. The van der Waals surface area contributed by atoms with Gasteiger partial charge in [-0.25, -0.2) is 0 Å². The predicted octanol–water partition coefficient (Wildman–Crippen LogP) is 15.4. The number of rotatable bonds is 41. The van der Waals surface area contributed by atoms with E-state index < -0.39 is 12.1 Å². The lowest BCUT2D eigenvalue weighted by molar-refractivity contribution is -0.166. The lowest BCUT2D eigenvalue weighted by atomic mass is 10.1. The Morgan fingerprint density at radius 2 is 0.712 bits per heavy atom. The van der Waals surface area contributed by atoms with Gasteiger partial charge >= 0.3 is 17.9 Å². The first kappa shape index (κ1) is 55.3. The quantitative estimate of drug-likeness (QED) is 0.0265. The van der Waals surface area contributed by atoms with Gasteiger partial charge in [-0.15, -0.1) is 0 Å². The number of carbonyl (C=O) groups excluding carboxylic acids is 3. The van der Waals surface area contributed by atoms with Gasteiger partial charge in [-0.2, -0.15) is 0 Å². The van der Waals surface area contributed by atoms with Crippen molar-refractivity contribution in [3.05, 3.63) is 97.2 Å². The topological polar surface area (TPSA) is 78.9 Å². The summed E-state index contributed by atoms with van der Waals surface area (Å²) >= 11 is 0.